The van der Waals surface area contributed by atoms with E-state index >= 15 is 0 Å². The number of hydrogen-bond acceptors (Lipinski definition) is 4. The first-order chi connectivity index (χ1) is 11.8. The molecule has 1 fully saturated rings. The molecular weight excluding hydrogens is 304 g/mol. The summed E-state index contributed by atoms with van der Waals surface area (Å²) in [4.78, 5) is 16.8. The minimum atomic E-state index is 0.0259. The second-order valence-corrected chi connectivity index (χ2v) is 6.20. The first-order valence-corrected chi connectivity index (χ1v) is 8.50. The van der Waals surface area contributed by atoms with Crippen LogP contribution in [0.25, 0.3) is 0 Å². The summed E-state index contributed by atoms with van der Waals surface area (Å²) in [7, 11) is 0. The predicted octanol–water partition coefficient (Wildman–Crippen LogP) is 2.66. The van der Waals surface area contributed by atoms with E-state index in [0.29, 0.717) is 13.1 Å². The van der Waals surface area contributed by atoms with E-state index in [-0.39, 0.29) is 18.6 Å². The summed E-state index contributed by atoms with van der Waals surface area (Å²) in [5.74, 6) is 0.780. The van der Waals surface area contributed by atoms with Crippen molar-refractivity contribution in [1.82, 2.24) is 4.90 Å². The van der Waals surface area contributed by atoms with E-state index < -0.39 is 0 Å². The second kappa shape index (κ2) is 8.13. The van der Waals surface area contributed by atoms with Crippen LogP contribution in [0.5, 0.6) is 0 Å². The molecule has 0 saturated carbocycles. The van der Waals surface area contributed by atoms with Gasteiger partial charge in [0.05, 0.1) is 26.0 Å². The number of carbonyl (C=O) groups is 1. The van der Waals surface area contributed by atoms with Crippen molar-refractivity contribution in [1.29, 1.82) is 0 Å². The van der Waals surface area contributed by atoms with Crippen molar-refractivity contribution in [3.05, 3.63) is 54.5 Å². The molecule has 5 heteroatoms. The maximum atomic E-state index is 13.0. The van der Waals surface area contributed by atoms with E-state index in [2.05, 4.69) is 4.90 Å². The number of piperidine rings is 1. The molecule has 0 bridgehead atoms. The van der Waals surface area contributed by atoms with Crippen LogP contribution in [0.15, 0.2) is 53.1 Å². The molecule has 2 heterocycles. The lowest BCUT2D eigenvalue weighted by Gasteiger charge is -2.35. The van der Waals surface area contributed by atoms with Gasteiger partial charge >= 0.3 is 0 Å². The number of anilines is 1. The highest BCUT2D eigenvalue weighted by atomic mass is 16.3. The van der Waals surface area contributed by atoms with Gasteiger partial charge in [0.25, 0.3) is 0 Å². The molecule has 1 aliphatic rings. The fourth-order valence-electron chi connectivity index (χ4n) is 3.22. The lowest BCUT2D eigenvalue weighted by atomic mass is 10.0. The van der Waals surface area contributed by atoms with Crippen LogP contribution in [0, 0.1) is 0 Å². The Balaban J connectivity index is 1.75. The van der Waals surface area contributed by atoms with Gasteiger partial charge in [0.1, 0.15) is 5.76 Å². The van der Waals surface area contributed by atoms with Gasteiger partial charge in [-0.3, -0.25) is 9.69 Å². The number of hydrogen-bond donors (Lipinski definition) is 1. The monoisotopic (exact) mass is 328 g/mol. The Hall–Kier alpha value is -2.11. The SMILES string of the molecule is O=C(CN1CCCCC1CO)N(Cc1ccco1)c1ccccc1. The van der Waals surface area contributed by atoms with Crippen molar-refractivity contribution in [2.24, 2.45) is 0 Å². The van der Waals surface area contributed by atoms with Gasteiger partial charge in [-0.2, -0.15) is 0 Å². The van der Waals surface area contributed by atoms with Gasteiger partial charge in [-0.1, -0.05) is 24.6 Å². The number of furan rings is 1. The summed E-state index contributed by atoms with van der Waals surface area (Å²) in [6.45, 7) is 1.70. The van der Waals surface area contributed by atoms with Crippen molar-refractivity contribution >= 4 is 11.6 Å². The van der Waals surface area contributed by atoms with E-state index in [4.69, 9.17) is 4.42 Å². The molecule has 0 spiro atoms. The molecule has 1 aliphatic heterocycles. The standard InChI is InChI=1S/C19H24N2O3/c22-15-17-9-4-5-11-20(17)14-19(23)21(13-18-10-6-12-24-18)16-7-2-1-3-8-16/h1-3,6-8,10,12,17,22H,4-5,9,11,13-15H2. The zero-order valence-electron chi connectivity index (χ0n) is 13.8. The van der Waals surface area contributed by atoms with E-state index in [1.807, 2.05) is 42.5 Å². The number of aliphatic hydroxyl groups excluding tert-OH is 1. The van der Waals surface area contributed by atoms with Crippen LogP contribution in [0.3, 0.4) is 0 Å². The van der Waals surface area contributed by atoms with Gasteiger partial charge in [-0.25, -0.2) is 0 Å². The number of carbonyl (C=O) groups excluding carboxylic acids is 1. The number of likely N-dealkylation sites (tertiary alicyclic amines) is 1. The summed E-state index contributed by atoms with van der Waals surface area (Å²) >= 11 is 0. The molecule has 128 valence electrons. The van der Waals surface area contributed by atoms with Crippen molar-refractivity contribution in [2.75, 3.05) is 24.6 Å². The van der Waals surface area contributed by atoms with Gasteiger partial charge in [-0.05, 0) is 43.7 Å². The van der Waals surface area contributed by atoms with Crippen molar-refractivity contribution in [2.45, 2.75) is 31.8 Å². The molecule has 2 aromatic rings. The summed E-state index contributed by atoms with van der Waals surface area (Å²) in [5.41, 5.74) is 0.858. The lowest BCUT2D eigenvalue weighted by Crippen LogP contribution is -2.48. The third-order valence-electron chi connectivity index (χ3n) is 4.56. The maximum Gasteiger partial charge on any atom is 0.241 e. The number of rotatable bonds is 6. The fourth-order valence-corrected chi connectivity index (χ4v) is 3.22. The van der Waals surface area contributed by atoms with E-state index in [1.54, 1.807) is 11.2 Å². The molecule has 1 atom stereocenters. The normalized spacial score (nSPS) is 18.5. The van der Waals surface area contributed by atoms with Crippen LogP contribution >= 0.6 is 0 Å². The van der Waals surface area contributed by atoms with Crippen LogP contribution in [0.2, 0.25) is 0 Å². The first kappa shape index (κ1) is 16.7. The van der Waals surface area contributed by atoms with Crippen LogP contribution in [0.4, 0.5) is 5.69 Å². The van der Waals surface area contributed by atoms with Crippen molar-refractivity contribution < 1.29 is 14.3 Å². The Morgan fingerprint density at radius 2 is 2.04 bits per heavy atom. The summed E-state index contributed by atoms with van der Waals surface area (Å²) in [5, 5.41) is 9.56. The average Bonchev–Trinajstić information content (AvgIpc) is 3.14. The van der Waals surface area contributed by atoms with E-state index in [1.165, 1.54) is 0 Å². The highest BCUT2D eigenvalue weighted by Gasteiger charge is 2.26. The fraction of sp³-hybridized carbons (Fsp3) is 0.421. The van der Waals surface area contributed by atoms with Gasteiger partial charge in [0.15, 0.2) is 0 Å². The minimum absolute atomic E-state index is 0.0259. The Bertz CT molecular complexity index is 627. The van der Waals surface area contributed by atoms with E-state index in [9.17, 15) is 9.90 Å². The Morgan fingerprint density at radius 1 is 1.21 bits per heavy atom. The number of benzene rings is 1. The van der Waals surface area contributed by atoms with Crippen LogP contribution in [-0.4, -0.2) is 41.7 Å². The minimum Gasteiger partial charge on any atom is -0.467 e. The third-order valence-corrected chi connectivity index (χ3v) is 4.56. The smallest absolute Gasteiger partial charge is 0.241 e. The maximum absolute atomic E-state index is 13.0. The molecular formula is C19H24N2O3. The molecule has 1 aromatic carbocycles. The zero-order chi connectivity index (χ0) is 16.8. The molecule has 1 N–H and O–H groups in total. The molecule has 1 unspecified atom stereocenters. The van der Waals surface area contributed by atoms with Gasteiger partial charge < -0.3 is 14.4 Å². The second-order valence-electron chi connectivity index (χ2n) is 6.20. The quantitative estimate of drug-likeness (QED) is 0.886. The predicted molar refractivity (Wildman–Crippen MR) is 92.6 cm³/mol. The highest BCUT2D eigenvalue weighted by Crippen LogP contribution is 2.20. The van der Waals surface area contributed by atoms with E-state index in [0.717, 1.165) is 37.3 Å². The average molecular weight is 328 g/mol. The molecule has 1 amide bonds. The van der Waals surface area contributed by atoms with Gasteiger partial charge in [0, 0.05) is 11.7 Å². The molecule has 5 nitrogen and oxygen atoms in total. The molecule has 24 heavy (non-hydrogen) atoms. The van der Waals surface area contributed by atoms with Gasteiger partial charge in [-0.15, -0.1) is 0 Å². The Labute approximate surface area is 142 Å². The Kier molecular flexibility index (Phi) is 5.67. The zero-order valence-corrected chi connectivity index (χ0v) is 13.8. The highest BCUT2D eigenvalue weighted by molar-refractivity contribution is 5.94. The molecule has 0 radical (unpaired) electrons. The number of para-hydroxylation sites is 1. The van der Waals surface area contributed by atoms with Crippen LogP contribution < -0.4 is 4.90 Å². The van der Waals surface area contributed by atoms with Gasteiger partial charge in [0.2, 0.25) is 5.91 Å². The molecule has 0 aliphatic carbocycles. The van der Waals surface area contributed by atoms with Crippen LogP contribution in [0.1, 0.15) is 25.0 Å². The third kappa shape index (κ3) is 4.04. The number of amides is 1. The first-order valence-electron chi connectivity index (χ1n) is 8.50. The van der Waals surface area contributed by atoms with Crippen LogP contribution in [-0.2, 0) is 11.3 Å². The summed E-state index contributed by atoms with van der Waals surface area (Å²) in [6.07, 6.45) is 4.76. The Morgan fingerprint density at radius 3 is 2.75 bits per heavy atom. The number of nitrogens with zero attached hydrogens (tertiary/aromatic N) is 2. The topological polar surface area (TPSA) is 56.9 Å². The lowest BCUT2D eigenvalue weighted by molar-refractivity contribution is -0.121. The number of aliphatic hydroxyl groups is 1. The largest absolute Gasteiger partial charge is 0.467 e. The molecule has 1 aromatic heterocycles. The molecule has 1 saturated heterocycles. The molecule has 3 rings (SSSR count). The summed E-state index contributed by atoms with van der Waals surface area (Å²) in [6, 6.07) is 13.4. The summed E-state index contributed by atoms with van der Waals surface area (Å²) < 4.78 is 5.42. The van der Waals surface area contributed by atoms with Crippen molar-refractivity contribution in [3.8, 4) is 0 Å². The van der Waals surface area contributed by atoms with Crippen molar-refractivity contribution in [3.63, 3.8) is 0 Å².